The van der Waals surface area contributed by atoms with Gasteiger partial charge < -0.3 is 19.4 Å². The van der Waals surface area contributed by atoms with E-state index in [2.05, 4.69) is 4.98 Å². The minimum absolute atomic E-state index is 0.0151. The molecule has 1 saturated carbocycles. The Morgan fingerprint density at radius 1 is 1.25 bits per heavy atom. The fourth-order valence-electron chi connectivity index (χ4n) is 3.64. The van der Waals surface area contributed by atoms with Crippen molar-refractivity contribution in [3.8, 4) is 0 Å². The zero-order chi connectivity index (χ0) is 20.8. The second-order valence-corrected chi connectivity index (χ2v) is 7.39. The SMILES string of the molecule is CCOC(=O)c1[nH]c(C)c(C(=O)[C@H](C)N(CCCOC)C(=O)C2CCC2)c1C. The summed E-state index contributed by atoms with van der Waals surface area (Å²) in [6, 6.07) is -0.604. The summed E-state index contributed by atoms with van der Waals surface area (Å²) in [6.07, 6.45) is 3.50. The van der Waals surface area contributed by atoms with Crippen molar-refractivity contribution in [2.45, 2.75) is 59.4 Å². The minimum Gasteiger partial charge on any atom is -0.461 e. The summed E-state index contributed by atoms with van der Waals surface area (Å²) in [5, 5.41) is 0. The number of carbonyl (C=O) groups excluding carboxylic acids is 3. The lowest BCUT2D eigenvalue weighted by Gasteiger charge is -2.35. The summed E-state index contributed by atoms with van der Waals surface area (Å²) in [5.74, 6) is -0.579. The molecule has 28 heavy (non-hydrogen) atoms. The van der Waals surface area contributed by atoms with Crippen LogP contribution in [-0.4, -0.2) is 60.5 Å². The Morgan fingerprint density at radius 3 is 2.46 bits per heavy atom. The maximum Gasteiger partial charge on any atom is 0.355 e. The second-order valence-electron chi connectivity index (χ2n) is 7.39. The Kier molecular flexibility index (Phi) is 7.80. The molecule has 0 bridgehead atoms. The lowest BCUT2D eigenvalue weighted by atomic mass is 9.83. The molecule has 0 saturated heterocycles. The van der Waals surface area contributed by atoms with Gasteiger partial charge in [0.1, 0.15) is 5.69 Å². The quantitative estimate of drug-likeness (QED) is 0.376. The fraction of sp³-hybridized carbons (Fsp3) is 0.667. The van der Waals surface area contributed by atoms with Crippen LogP contribution in [0.3, 0.4) is 0 Å². The van der Waals surface area contributed by atoms with E-state index in [1.165, 1.54) is 0 Å². The number of carbonyl (C=O) groups is 3. The van der Waals surface area contributed by atoms with Gasteiger partial charge >= 0.3 is 5.97 Å². The molecule has 7 heteroatoms. The third-order valence-electron chi connectivity index (χ3n) is 5.50. The molecule has 1 aliphatic rings. The van der Waals surface area contributed by atoms with Crippen molar-refractivity contribution in [1.29, 1.82) is 0 Å². The van der Waals surface area contributed by atoms with Gasteiger partial charge in [0.15, 0.2) is 5.78 Å². The molecule has 1 aromatic rings. The van der Waals surface area contributed by atoms with E-state index < -0.39 is 12.0 Å². The van der Waals surface area contributed by atoms with Crippen LogP contribution in [0.1, 0.15) is 71.6 Å². The van der Waals surface area contributed by atoms with Gasteiger partial charge in [-0.2, -0.15) is 0 Å². The summed E-state index contributed by atoms with van der Waals surface area (Å²) in [7, 11) is 1.62. The Hall–Kier alpha value is -2.15. The Balaban J connectivity index is 2.26. The zero-order valence-corrected chi connectivity index (χ0v) is 17.6. The number of hydrogen-bond donors (Lipinski definition) is 1. The number of ketones is 1. The Morgan fingerprint density at radius 2 is 1.93 bits per heavy atom. The third-order valence-corrected chi connectivity index (χ3v) is 5.50. The van der Waals surface area contributed by atoms with E-state index in [0.29, 0.717) is 42.1 Å². The molecule has 0 aromatic carbocycles. The minimum atomic E-state index is -0.604. The maximum atomic E-state index is 13.3. The predicted octanol–water partition coefficient (Wildman–Crippen LogP) is 3.04. The van der Waals surface area contributed by atoms with Gasteiger partial charge in [0.2, 0.25) is 5.91 Å². The van der Waals surface area contributed by atoms with Gasteiger partial charge in [-0.15, -0.1) is 0 Å². The van der Waals surface area contributed by atoms with E-state index >= 15 is 0 Å². The Bertz CT molecular complexity index is 721. The van der Waals surface area contributed by atoms with Crippen LogP contribution in [0.15, 0.2) is 0 Å². The highest BCUT2D eigenvalue weighted by Gasteiger charge is 2.35. The molecule has 2 rings (SSSR count). The van der Waals surface area contributed by atoms with Gasteiger partial charge in [0.05, 0.1) is 12.6 Å². The van der Waals surface area contributed by atoms with Crippen LogP contribution in [0, 0.1) is 19.8 Å². The number of ether oxygens (including phenoxy) is 2. The number of nitrogens with one attached hydrogen (secondary N) is 1. The average molecular weight is 392 g/mol. The number of methoxy groups -OCH3 is 1. The topological polar surface area (TPSA) is 88.7 Å². The molecule has 1 aromatic heterocycles. The number of esters is 1. The van der Waals surface area contributed by atoms with Crippen molar-refractivity contribution in [2.24, 2.45) is 5.92 Å². The molecule has 0 aliphatic heterocycles. The van der Waals surface area contributed by atoms with Crippen LogP contribution in [0.5, 0.6) is 0 Å². The number of aryl methyl sites for hydroxylation is 1. The van der Waals surface area contributed by atoms with Crippen LogP contribution in [0.2, 0.25) is 0 Å². The van der Waals surface area contributed by atoms with Crippen LogP contribution in [0.25, 0.3) is 0 Å². The maximum absolute atomic E-state index is 13.3. The van der Waals surface area contributed by atoms with E-state index in [1.54, 1.807) is 39.7 Å². The first-order valence-electron chi connectivity index (χ1n) is 10.0. The fourth-order valence-corrected chi connectivity index (χ4v) is 3.64. The number of nitrogens with zero attached hydrogens (tertiary/aromatic N) is 1. The summed E-state index contributed by atoms with van der Waals surface area (Å²) in [6.45, 7) is 8.27. The molecular formula is C21H32N2O5. The molecule has 0 radical (unpaired) electrons. The highest BCUT2D eigenvalue weighted by Crippen LogP contribution is 2.30. The van der Waals surface area contributed by atoms with Crippen molar-refractivity contribution in [3.05, 3.63) is 22.5 Å². The normalized spacial score (nSPS) is 15.0. The second kappa shape index (κ2) is 9.87. The average Bonchev–Trinajstić information content (AvgIpc) is 2.90. The summed E-state index contributed by atoms with van der Waals surface area (Å²) in [4.78, 5) is 43.0. The Labute approximate surface area is 166 Å². The summed E-state index contributed by atoms with van der Waals surface area (Å²) >= 11 is 0. The molecular weight excluding hydrogens is 360 g/mol. The monoisotopic (exact) mass is 392 g/mol. The van der Waals surface area contributed by atoms with Gasteiger partial charge in [-0.3, -0.25) is 9.59 Å². The molecule has 7 nitrogen and oxygen atoms in total. The van der Waals surface area contributed by atoms with Crippen molar-refractivity contribution < 1.29 is 23.9 Å². The van der Waals surface area contributed by atoms with Gasteiger partial charge in [-0.25, -0.2) is 4.79 Å². The lowest BCUT2D eigenvalue weighted by Crippen LogP contribution is -2.48. The molecule has 0 unspecified atom stereocenters. The molecule has 0 spiro atoms. The molecule has 1 fully saturated rings. The zero-order valence-electron chi connectivity index (χ0n) is 17.6. The van der Waals surface area contributed by atoms with E-state index in [1.807, 2.05) is 0 Å². The summed E-state index contributed by atoms with van der Waals surface area (Å²) in [5.41, 5.74) is 1.95. The van der Waals surface area contributed by atoms with Crippen molar-refractivity contribution in [1.82, 2.24) is 9.88 Å². The number of aromatic amines is 1. The molecule has 1 atom stereocenters. The van der Waals surface area contributed by atoms with Gasteiger partial charge in [0, 0.05) is 37.4 Å². The molecule has 1 aliphatic carbocycles. The largest absolute Gasteiger partial charge is 0.461 e. The predicted molar refractivity (Wildman–Crippen MR) is 106 cm³/mol. The van der Waals surface area contributed by atoms with E-state index in [0.717, 1.165) is 19.3 Å². The van der Waals surface area contributed by atoms with Crippen molar-refractivity contribution in [2.75, 3.05) is 26.9 Å². The standard InChI is InChI=1S/C21H32N2O5/c1-6-28-21(26)18-13(2)17(14(3)22-18)19(24)15(4)23(11-8-12-27-5)20(25)16-9-7-10-16/h15-16,22H,6-12H2,1-5H3/t15-/m0/s1. The van der Waals surface area contributed by atoms with Crippen LogP contribution >= 0.6 is 0 Å². The first-order valence-corrected chi connectivity index (χ1v) is 10.0. The number of Topliss-reactive ketones (excluding diaryl/α,β-unsaturated/α-hetero) is 1. The number of H-pyrrole nitrogens is 1. The van der Waals surface area contributed by atoms with Crippen LogP contribution in [-0.2, 0) is 14.3 Å². The first-order chi connectivity index (χ1) is 13.3. The van der Waals surface area contributed by atoms with Crippen molar-refractivity contribution >= 4 is 17.7 Å². The van der Waals surface area contributed by atoms with E-state index in [9.17, 15) is 14.4 Å². The number of amides is 1. The van der Waals surface area contributed by atoms with Crippen LogP contribution in [0.4, 0.5) is 0 Å². The van der Waals surface area contributed by atoms with Gasteiger partial charge in [0.25, 0.3) is 0 Å². The molecule has 1 amide bonds. The number of aromatic nitrogens is 1. The first kappa shape index (κ1) is 22.1. The summed E-state index contributed by atoms with van der Waals surface area (Å²) < 4.78 is 10.2. The highest BCUT2D eigenvalue weighted by molar-refractivity contribution is 6.06. The van der Waals surface area contributed by atoms with E-state index in [-0.39, 0.29) is 24.2 Å². The lowest BCUT2D eigenvalue weighted by molar-refractivity contribution is -0.139. The number of rotatable bonds is 10. The third kappa shape index (κ3) is 4.63. The van der Waals surface area contributed by atoms with E-state index in [4.69, 9.17) is 9.47 Å². The smallest absolute Gasteiger partial charge is 0.355 e. The molecule has 1 heterocycles. The van der Waals surface area contributed by atoms with Gasteiger partial charge in [-0.05, 0) is 52.5 Å². The molecule has 1 N–H and O–H groups in total. The molecule has 156 valence electrons. The van der Waals surface area contributed by atoms with Crippen LogP contribution < -0.4 is 0 Å². The van der Waals surface area contributed by atoms with Gasteiger partial charge in [-0.1, -0.05) is 6.42 Å². The van der Waals surface area contributed by atoms with Crippen molar-refractivity contribution in [3.63, 3.8) is 0 Å². The highest BCUT2D eigenvalue weighted by atomic mass is 16.5. The number of hydrogen-bond acceptors (Lipinski definition) is 5.